The van der Waals surface area contributed by atoms with Crippen LogP contribution in [-0.2, 0) is 0 Å². The van der Waals surface area contributed by atoms with Gasteiger partial charge in [0.15, 0.2) is 5.01 Å². The average Bonchev–Trinajstić information content (AvgIpc) is 3.28. The van der Waals surface area contributed by atoms with Gasteiger partial charge < -0.3 is 0 Å². The molecule has 172 valence electrons. The van der Waals surface area contributed by atoms with E-state index in [2.05, 4.69) is 47.9 Å². The molecule has 1 aromatic carbocycles. The first-order valence-corrected chi connectivity index (χ1v) is 12.4. The van der Waals surface area contributed by atoms with Gasteiger partial charge in [0.25, 0.3) is 0 Å². The molecule has 1 saturated heterocycles. The molecule has 0 amide bonds. The summed E-state index contributed by atoms with van der Waals surface area (Å²) in [6.07, 6.45) is 3.32. The van der Waals surface area contributed by atoms with Gasteiger partial charge in [0, 0.05) is 23.7 Å². The number of thiazole rings is 1. The first-order chi connectivity index (χ1) is 14.9. The predicted molar refractivity (Wildman–Crippen MR) is 128 cm³/mol. The SMILES string of the molecule is Cc1nc(C)c(-c2cc(F)c(-c3nnc(N(C)N4C(C)(C)CCCC4(C)C)s3)cc2F)s1. The van der Waals surface area contributed by atoms with E-state index in [-0.39, 0.29) is 22.2 Å². The largest absolute Gasteiger partial charge is 0.282 e. The van der Waals surface area contributed by atoms with E-state index in [0.29, 0.717) is 20.7 Å². The molecule has 3 aromatic rings. The highest BCUT2D eigenvalue weighted by molar-refractivity contribution is 7.18. The fraction of sp³-hybridized carbons (Fsp3) is 0.522. The zero-order valence-electron chi connectivity index (χ0n) is 19.6. The summed E-state index contributed by atoms with van der Waals surface area (Å²) in [4.78, 5) is 4.98. The normalized spacial score (nSPS) is 18.2. The molecule has 1 aliphatic heterocycles. The van der Waals surface area contributed by atoms with Gasteiger partial charge in [0.05, 0.1) is 21.1 Å². The van der Waals surface area contributed by atoms with E-state index in [1.54, 1.807) is 6.92 Å². The van der Waals surface area contributed by atoms with Gasteiger partial charge in [-0.3, -0.25) is 5.01 Å². The number of hydrogen-bond donors (Lipinski definition) is 0. The molecule has 0 aliphatic carbocycles. The maximum Gasteiger partial charge on any atom is 0.222 e. The van der Waals surface area contributed by atoms with Crippen LogP contribution in [0.5, 0.6) is 0 Å². The van der Waals surface area contributed by atoms with Crippen molar-refractivity contribution >= 4 is 27.8 Å². The first-order valence-electron chi connectivity index (χ1n) is 10.7. The van der Waals surface area contributed by atoms with Crippen molar-refractivity contribution in [1.29, 1.82) is 0 Å². The lowest BCUT2D eigenvalue weighted by molar-refractivity contribution is -0.0326. The lowest BCUT2D eigenvalue weighted by Gasteiger charge is -2.55. The van der Waals surface area contributed by atoms with Crippen LogP contribution >= 0.6 is 22.7 Å². The highest BCUT2D eigenvalue weighted by Crippen LogP contribution is 2.42. The van der Waals surface area contributed by atoms with Crippen LogP contribution in [-0.4, -0.2) is 38.3 Å². The summed E-state index contributed by atoms with van der Waals surface area (Å²) in [7, 11) is 1.97. The van der Waals surface area contributed by atoms with Crippen molar-refractivity contribution < 1.29 is 8.78 Å². The average molecular weight is 478 g/mol. The molecule has 32 heavy (non-hydrogen) atoms. The van der Waals surface area contributed by atoms with Crippen LogP contribution in [0.3, 0.4) is 0 Å². The second-order valence-corrected chi connectivity index (χ2v) is 11.8. The molecule has 0 spiro atoms. The van der Waals surface area contributed by atoms with Crippen molar-refractivity contribution in [1.82, 2.24) is 20.2 Å². The Morgan fingerprint density at radius 1 is 0.938 bits per heavy atom. The maximum absolute atomic E-state index is 15.1. The topological polar surface area (TPSA) is 45.2 Å². The Morgan fingerprint density at radius 2 is 1.53 bits per heavy atom. The van der Waals surface area contributed by atoms with Crippen LogP contribution in [0.15, 0.2) is 12.1 Å². The van der Waals surface area contributed by atoms with Gasteiger partial charge in [-0.25, -0.2) is 18.8 Å². The number of hydrazine groups is 1. The zero-order valence-corrected chi connectivity index (χ0v) is 21.2. The Labute approximate surface area is 196 Å². The second kappa shape index (κ2) is 8.11. The third-order valence-corrected chi connectivity index (χ3v) is 8.28. The molecule has 2 aromatic heterocycles. The van der Waals surface area contributed by atoms with Crippen molar-refractivity contribution in [2.45, 2.75) is 71.9 Å². The number of piperidine rings is 1. The van der Waals surface area contributed by atoms with Crippen molar-refractivity contribution in [3.63, 3.8) is 0 Å². The van der Waals surface area contributed by atoms with E-state index in [9.17, 15) is 0 Å². The van der Waals surface area contributed by atoms with Crippen LogP contribution in [0.2, 0.25) is 0 Å². The lowest BCUT2D eigenvalue weighted by atomic mass is 9.81. The van der Waals surface area contributed by atoms with Crippen molar-refractivity contribution in [2.24, 2.45) is 0 Å². The molecule has 9 heteroatoms. The fourth-order valence-corrected chi connectivity index (χ4v) is 6.76. The van der Waals surface area contributed by atoms with Crippen LogP contribution in [0.4, 0.5) is 13.9 Å². The fourth-order valence-electron chi connectivity index (χ4n) is 5.00. The van der Waals surface area contributed by atoms with Crippen molar-refractivity contribution in [3.8, 4) is 21.0 Å². The van der Waals surface area contributed by atoms with Crippen LogP contribution in [0.25, 0.3) is 21.0 Å². The molecule has 0 saturated carbocycles. The molecular formula is C23H29F2N5S2. The Balaban J connectivity index is 1.68. The summed E-state index contributed by atoms with van der Waals surface area (Å²) in [6, 6.07) is 2.46. The summed E-state index contributed by atoms with van der Waals surface area (Å²) < 4.78 is 30.1. The van der Waals surface area contributed by atoms with E-state index < -0.39 is 11.6 Å². The molecule has 5 nitrogen and oxygen atoms in total. The minimum Gasteiger partial charge on any atom is -0.282 e. The summed E-state index contributed by atoms with van der Waals surface area (Å²) >= 11 is 2.63. The zero-order chi connectivity index (χ0) is 23.4. The number of hydrogen-bond acceptors (Lipinski definition) is 7. The molecule has 3 heterocycles. The Kier molecular flexibility index (Phi) is 5.88. The van der Waals surface area contributed by atoms with Gasteiger partial charge in [-0.05, 0) is 72.9 Å². The highest BCUT2D eigenvalue weighted by atomic mass is 32.1. The van der Waals surface area contributed by atoms with Crippen LogP contribution in [0.1, 0.15) is 57.7 Å². The van der Waals surface area contributed by atoms with Crippen LogP contribution in [0, 0.1) is 25.5 Å². The summed E-state index contributed by atoms with van der Waals surface area (Å²) in [5.41, 5.74) is 0.954. The smallest absolute Gasteiger partial charge is 0.222 e. The number of halogens is 2. The van der Waals surface area contributed by atoms with Gasteiger partial charge in [-0.2, -0.15) is 0 Å². The number of aromatic nitrogens is 3. The van der Waals surface area contributed by atoms with E-state index >= 15 is 8.78 Å². The van der Waals surface area contributed by atoms with Gasteiger partial charge >= 0.3 is 0 Å². The molecule has 0 atom stereocenters. The summed E-state index contributed by atoms with van der Waals surface area (Å²) in [5.74, 6) is -1.01. The van der Waals surface area contributed by atoms with Gasteiger partial charge in [0.2, 0.25) is 5.13 Å². The quantitative estimate of drug-likeness (QED) is 0.423. The number of aryl methyl sites for hydroxylation is 2. The molecule has 0 N–H and O–H groups in total. The monoisotopic (exact) mass is 477 g/mol. The molecular weight excluding hydrogens is 448 g/mol. The Bertz CT molecular complexity index is 1140. The minimum absolute atomic E-state index is 0.0495. The second-order valence-electron chi connectivity index (χ2n) is 9.66. The third kappa shape index (κ3) is 4.06. The number of anilines is 1. The van der Waals surface area contributed by atoms with E-state index in [0.717, 1.165) is 17.8 Å². The highest BCUT2D eigenvalue weighted by Gasteiger charge is 2.44. The van der Waals surface area contributed by atoms with Crippen molar-refractivity contribution in [2.75, 3.05) is 12.1 Å². The molecule has 1 fully saturated rings. The lowest BCUT2D eigenvalue weighted by Crippen LogP contribution is -2.64. The molecule has 0 unspecified atom stereocenters. The number of benzene rings is 1. The number of rotatable bonds is 4. The van der Waals surface area contributed by atoms with Gasteiger partial charge in [0.1, 0.15) is 11.6 Å². The molecule has 0 bridgehead atoms. The first kappa shape index (κ1) is 23.2. The van der Waals surface area contributed by atoms with Gasteiger partial charge in [-0.1, -0.05) is 11.3 Å². The minimum atomic E-state index is -0.518. The summed E-state index contributed by atoms with van der Waals surface area (Å²) in [6.45, 7) is 12.6. The van der Waals surface area contributed by atoms with E-state index in [1.807, 2.05) is 19.0 Å². The Hall–Kier alpha value is -1.97. The molecule has 4 rings (SSSR count). The van der Waals surface area contributed by atoms with E-state index in [4.69, 9.17) is 0 Å². The standard InChI is InChI=1S/C23H29F2N5S2/c1-13-19(31-14(2)26-13)15-11-18(25)16(12-17(15)24)20-27-28-21(32-20)29(7)30-22(3,4)9-8-10-23(30,5)6/h11-12H,8-10H2,1-7H3. The predicted octanol–water partition coefficient (Wildman–Crippen LogP) is 6.62. The maximum atomic E-state index is 15.1. The number of nitrogens with zero attached hydrogens (tertiary/aromatic N) is 5. The molecule has 0 radical (unpaired) electrons. The molecule has 1 aliphatic rings. The van der Waals surface area contributed by atoms with Gasteiger partial charge in [-0.15, -0.1) is 21.5 Å². The van der Waals surface area contributed by atoms with E-state index in [1.165, 1.54) is 41.2 Å². The summed E-state index contributed by atoms with van der Waals surface area (Å²) in [5, 5.41) is 14.7. The van der Waals surface area contributed by atoms with Crippen molar-refractivity contribution in [3.05, 3.63) is 34.5 Å². The third-order valence-electron chi connectivity index (χ3n) is 6.15. The van der Waals surface area contributed by atoms with Crippen LogP contribution < -0.4 is 5.01 Å². The Morgan fingerprint density at radius 3 is 2.12 bits per heavy atom.